The van der Waals surface area contributed by atoms with Crippen molar-refractivity contribution in [3.05, 3.63) is 24.3 Å². The van der Waals surface area contributed by atoms with Gasteiger partial charge in [0.15, 0.2) is 11.6 Å². The quantitative estimate of drug-likeness (QED) is 0.940. The van der Waals surface area contributed by atoms with Crippen molar-refractivity contribution in [1.29, 1.82) is 0 Å². The first-order valence-electron chi connectivity index (χ1n) is 6.30. The fourth-order valence-electron chi connectivity index (χ4n) is 2.17. The van der Waals surface area contributed by atoms with E-state index in [4.69, 9.17) is 5.73 Å². The fourth-order valence-corrected chi connectivity index (χ4v) is 2.17. The van der Waals surface area contributed by atoms with Crippen molar-refractivity contribution in [1.82, 2.24) is 9.97 Å². The molecule has 0 spiro atoms. The summed E-state index contributed by atoms with van der Waals surface area (Å²) in [6.07, 6.45) is -2.84. The Bertz CT molecular complexity index is 637. The summed E-state index contributed by atoms with van der Waals surface area (Å²) in [4.78, 5) is 9.62. The molecule has 1 saturated carbocycles. The molecule has 2 N–H and O–H groups in total. The Morgan fingerprint density at radius 1 is 1.15 bits per heavy atom. The monoisotopic (exact) mass is 282 g/mol. The molecule has 1 aromatic carbocycles. The highest BCUT2D eigenvalue weighted by Crippen LogP contribution is 2.36. The van der Waals surface area contributed by atoms with Crippen LogP contribution in [-0.2, 0) is 0 Å². The minimum absolute atomic E-state index is 0.0415. The first kappa shape index (κ1) is 13.0. The maximum Gasteiger partial charge on any atom is 0.405 e. The van der Waals surface area contributed by atoms with E-state index in [-0.39, 0.29) is 17.7 Å². The van der Waals surface area contributed by atoms with Crippen LogP contribution in [0.3, 0.4) is 0 Å². The number of nitrogens with two attached hydrogens (primary N) is 1. The van der Waals surface area contributed by atoms with Gasteiger partial charge in [0.05, 0.1) is 11.0 Å². The summed E-state index contributed by atoms with van der Waals surface area (Å²) in [5, 5.41) is 0. The lowest BCUT2D eigenvalue weighted by atomic mass is 10.3. The molecule has 20 heavy (non-hydrogen) atoms. The summed E-state index contributed by atoms with van der Waals surface area (Å²) in [6.45, 7) is -1.05. The SMILES string of the molecule is Nc1nc2ccccc2nc1N(CC(F)(F)F)C1CC1. The van der Waals surface area contributed by atoms with Gasteiger partial charge in [0.1, 0.15) is 6.54 Å². The number of rotatable bonds is 3. The average Bonchev–Trinajstić information content (AvgIpc) is 3.18. The summed E-state index contributed by atoms with van der Waals surface area (Å²) < 4.78 is 38.1. The smallest absolute Gasteiger partial charge is 0.381 e. The Labute approximate surface area is 113 Å². The molecule has 1 aromatic heterocycles. The molecule has 1 heterocycles. The lowest BCUT2D eigenvalue weighted by molar-refractivity contribution is -0.120. The summed E-state index contributed by atoms with van der Waals surface area (Å²) in [6, 6.07) is 6.85. The van der Waals surface area contributed by atoms with Gasteiger partial charge in [-0.15, -0.1) is 0 Å². The van der Waals surface area contributed by atoms with Crippen molar-refractivity contribution in [3.63, 3.8) is 0 Å². The van der Waals surface area contributed by atoms with Crippen LogP contribution in [0.2, 0.25) is 0 Å². The summed E-state index contributed by atoms with van der Waals surface area (Å²) in [5.74, 6) is 0.170. The first-order chi connectivity index (χ1) is 9.44. The summed E-state index contributed by atoms with van der Waals surface area (Å²) in [5.41, 5.74) is 6.92. The molecule has 1 aliphatic rings. The maximum absolute atomic E-state index is 12.7. The van der Waals surface area contributed by atoms with Crippen LogP contribution in [-0.4, -0.2) is 28.7 Å². The van der Waals surface area contributed by atoms with E-state index in [0.29, 0.717) is 11.0 Å². The molecule has 1 aliphatic carbocycles. The molecule has 3 rings (SSSR count). The van der Waals surface area contributed by atoms with E-state index < -0.39 is 12.7 Å². The fraction of sp³-hybridized carbons (Fsp3) is 0.385. The van der Waals surface area contributed by atoms with Crippen LogP contribution in [0.5, 0.6) is 0 Å². The number of benzene rings is 1. The van der Waals surface area contributed by atoms with Crippen molar-refractivity contribution in [2.75, 3.05) is 17.2 Å². The van der Waals surface area contributed by atoms with E-state index in [2.05, 4.69) is 9.97 Å². The van der Waals surface area contributed by atoms with Crippen molar-refractivity contribution < 1.29 is 13.2 Å². The minimum atomic E-state index is -4.29. The van der Waals surface area contributed by atoms with Crippen molar-refractivity contribution >= 4 is 22.7 Å². The van der Waals surface area contributed by atoms with Crippen molar-refractivity contribution in [2.24, 2.45) is 0 Å². The van der Waals surface area contributed by atoms with Crippen molar-refractivity contribution in [2.45, 2.75) is 25.1 Å². The van der Waals surface area contributed by atoms with Gasteiger partial charge < -0.3 is 10.6 Å². The van der Waals surface area contributed by atoms with Crippen LogP contribution in [0.25, 0.3) is 11.0 Å². The molecule has 0 unspecified atom stereocenters. The number of para-hydroxylation sites is 2. The van der Waals surface area contributed by atoms with E-state index in [0.717, 1.165) is 12.8 Å². The molecule has 7 heteroatoms. The summed E-state index contributed by atoms with van der Waals surface area (Å²) in [7, 11) is 0. The van der Waals surface area contributed by atoms with Crippen molar-refractivity contribution in [3.8, 4) is 0 Å². The predicted molar refractivity (Wildman–Crippen MR) is 70.4 cm³/mol. The number of halogens is 3. The molecule has 0 saturated heterocycles. The lowest BCUT2D eigenvalue weighted by Crippen LogP contribution is -2.37. The second kappa shape index (κ2) is 4.50. The van der Waals surface area contributed by atoms with Gasteiger partial charge in [-0.05, 0) is 25.0 Å². The highest BCUT2D eigenvalue weighted by atomic mass is 19.4. The van der Waals surface area contributed by atoms with E-state index in [1.54, 1.807) is 24.3 Å². The topological polar surface area (TPSA) is 55.0 Å². The van der Waals surface area contributed by atoms with Gasteiger partial charge in [-0.2, -0.15) is 13.2 Å². The molecule has 2 aromatic rings. The zero-order chi connectivity index (χ0) is 14.3. The Kier molecular flexibility index (Phi) is 2.92. The second-order valence-electron chi connectivity index (χ2n) is 4.90. The van der Waals surface area contributed by atoms with Crippen LogP contribution in [0.4, 0.5) is 24.8 Å². The number of nitrogen functional groups attached to an aromatic ring is 1. The largest absolute Gasteiger partial charge is 0.405 e. The molecule has 0 aliphatic heterocycles. The van der Waals surface area contributed by atoms with Crippen LogP contribution in [0.15, 0.2) is 24.3 Å². The van der Waals surface area contributed by atoms with E-state index in [9.17, 15) is 13.2 Å². The van der Waals surface area contributed by atoms with Gasteiger partial charge in [-0.25, -0.2) is 9.97 Å². The molecular formula is C13H13F3N4. The second-order valence-corrected chi connectivity index (χ2v) is 4.90. The van der Waals surface area contributed by atoms with Crippen LogP contribution < -0.4 is 10.6 Å². The van der Waals surface area contributed by atoms with Crippen LogP contribution in [0, 0.1) is 0 Å². The Morgan fingerprint density at radius 3 is 2.30 bits per heavy atom. The highest BCUT2D eigenvalue weighted by Gasteiger charge is 2.39. The van der Waals surface area contributed by atoms with Gasteiger partial charge in [-0.3, -0.25) is 0 Å². The third-order valence-corrected chi connectivity index (χ3v) is 3.19. The average molecular weight is 282 g/mol. The molecule has 0 radical (unpaired) electrons. The van der Waals surface area contributed by atoms with E-state index in [1.807, 2.05) is 0 Å². The molecule has 106 valence electrons. The zero-order valence-electron chi connectivity index (χ0n) is 10.6. The Hall–Kier alpha value is -2.05. The molecular weight excluding hydrogens is 269 g/mol. The van der Waals surface area contributed by atoms with Gasteiger partial charge in [-0.1, -0.05) is 12.1 Å². The third kappa shape index (κ3) is 2.61. The number of anilines is 2. The molecule has 0 amide bonds. The van der Waals surface area contributed by atoms with Gasteiger partial charge in [0.25, 0.3) is 0 Å². The number of hydrogen-bond acceptors (Lipinski definition) is 4. The third-order valence-electron chi connectivity index (χ3n) is 3.19. The Balaban J connectivity index is 2.03. The van der Waals surface area contributed by atoms with Gasteiger partial charge in [0, 0.05) is 6.04 Å². The van der Waals surface area contributed by atoms with Gasteiger partial charge in [0.2, 0.25) is 0 Å². The summed E-state index contributed by atoms with van der Waals surface area (Å²) >= 11 is 0. The molecule has 1 fully saturated rings. The standard InChI is InChI=1S/C13H13F3N4/c14-13(15,16)7-20(8-5-6-8)12-11(17)18-9-3-1-2-4-10(9)19-12/h1-4,8H,5-7H2,(H2,17,18). The normalized spacial score (nSPS) is 15.6. The van der Waals surface area contributed by atoms with E-state index >= 15 is 0 Å². The molecule has 0 bridgehead atoms. The lowest BCUT2D eigenvalue weighted by Gasteiger charge is -2.25. The van der Waals surface area contributed by atoms with Crippen LogP contribution >= 0.6 is 0 Å². The number of aromatic nitrogens is 2. The van der Waals surface area contributed by atoms with E-state index in [1.165, 1.54) is 4.90 Å². The Morgan fingerprint density at radius 2 is 1.75 bits per heavy atom. The molecule has 4 nitrogen and oxygen atoms in total. The number of nitrogens with zero attached hydrogens (tertiary/aromatic N) is 3. The highest BCUT2D eigenvalue weighted by molar-refractivity contribution is 5.80. The number of alkyl halides is 3. The number of hydrogen-bond donors (Lipinski definition) is 1. The maximum atomic E-state index is 12.7. The van der Waals surface area contributed by atoms with Crippen LogP contribution in [0.1, 0.15) is 12.8 Å². The van der Waals surface area contributed by atoms with Gasteiger partial charge >= 0.3 is 6.18 Å². The zero-order valence-corrected chi connectivity index (χ0v) is 10.6. The predicted octanol–water partition coefficient (Wildman–Crippen LogP) is 2.74. The first-order valence-corrected chi connectivity index (χ1v) is 6.30. The number of fused-ring (bicyclic) bond motifs is 1. The molecule has 0 atom stereocenters. The minimum Gasteiger partial charge on any atom is -0.381 e.